The van der Waals surface area contributed by atoms with E-state index < -0.39 is 0 Å². The Labute approximate surface area is 319 Å². The quantitative estimate of drug-likeness (QED) is 0.169. The molecule has 0 bridgehead atoms. The van der Waals surface area contributed by atoms with E-state index in [1.807, 2.05) is 38.1 Å². The minimum Gasteiger partial charge on any atom is -0.319 e. The van der Waals surface area contributed by atoms with Gasteiger partial charge in [-0.15, -0.1) is 0 Å². The van der Waals surface area contributed by atoms with Gasteiger partial charge in [0.25, 0.3) is 6.71 Å². The molecule has 1 aliphatic carbocycles. The molecule has 0 amide bonds. The lowest BCUT2D eigenvalue weighted by Gasteiger charge is -2.45. The van der Waals surface area contributed by atoms with Crippen molar-refractivity contribution in [2.45, 2.75) is 33.1 Å². The summed E-state index contributed by atoms with van der Waals surface area (Å²) in [5.74, 6) is -0.590. The zero-order valence-electron chi connectivity index (χ0n) is 31.0. The van der Waals surface area contributed by atoms with Gasteiger partial charge in [-0.05, 0) is 107 Å². The Kier molecular flexibility index (Phi) is 6.60. The third kappa shape index (κ3) is 4.14. The third-order valence-corrected chi connectivity index (χ3v) is 12.3. The van der Waals surface area contributed by atoms with E-state index in [9.17, 15) is 0 Å². The van der Waals surface area contributed by atoms with Crippen LogP contribution in [0.3, 0.4) is 0 Å². The van der Waals surface area contributed by atoms with Crippen LogP contribution in [0, 0.1) is 25.5 Å². The number of fused-ring (bicyclic) bond motifs is 10. The first-order chi connectivity index (χ1) is 26.8. The van der Waals surface area contributed by atoms with E-state index in [1.165, 1.54) is 22.3 Å². The van der Waals surface area contributed by atoms with Gasteiger partial charge in [0.15, 0.2) is 0 Å². The van der Waals surface area contributed by atoms with Crippen molar-refractivity contribution >= 4 is 68.3 Å². The molecule has 3 nitrogen and oxygen atoms in total. The number of halogens is 2. The summed E-state index contributed by atoms with van der Waals surface area (Å²) in [4.78, 5) is 4.28. The van der Waals surface area contributed by atoms with Crippen molar-refractivity contribution in [1.29, 1.82) is 0 Å². The lowest BCUT2D eigenvalue weighted by atomic mass is 9.34. The van der Waals surface area contributed by atoms with Crippen LogP contribution in [0.2, 0.25) is 0 Å². The molecule has 0 N–H and O–H groups in total. The zero-order chi connectivity index (χ0) is 37.3. The second kappa shape index (κ2) is 11.3. The fraction of sp³-hybridized carbons (Fsp3) is 0.102. The van der Waals surface area contributed by atoms with Gasteiger partial charge >= 0.3 is 0 Å². The standard InChI is InChI=1S/C49H36BF2N3/c1-29-15-12-22-36(51)45(29)54-39-25-14-26-40-43(39)50(44-41(54)28-27-35-42(44)32-19-8-10-21-34(32)49(35,3)4)48-47(55(40)46-30(2)16-13-23-37(46)52)33-20-9-11-24-38(33)53(48)31-17-6-5-7-18-31/h5-28H,1-4H3. The van der Waals surface area contributed by atoms with Gasteiger partial charge in [0.1, 0.15) is 11.6 Å². The van der Waals surface area contributed by atoms with E-state index in [1.54, 1.807) is 24.3 Å². The van der Waals surface area contributed by atoms with E-state index in [0.717, 1.165) is 67.0 Å². The van der Waals surface area contributed by atoms with Gasteiger partial charge in [0.2, 0.25) is 0 Å². The van der Waals surface area contributed by atoms with Gasteiger partial charge in [0, 0.05) is 39.1 Å². The van der Waals surface area contributed by atoms with Crippen molar-refractivity contribution in [3.8, 4) is 16.8 Å². The summed E-state index contributed by atoms with van der Waals surface area (Å²) in [5.41, 5.74) is 16.2. The maximum absolute atomic E-state index is 16.7. The lowest BCUT2D eigenvalue weighted by Crippen LogP contribution is -2.63. The van der Waals surface area contributed by atoms with E-state index in [2.05, 4.69) is 125 Å². The van der Waals surface area contributed by atoms with Crippen molar-refractivity contribution in [2.75, 3.05) is 9.80 Å². The molecule has 0 unspecified atom stereocenters. The second-order valence-corrected chi connectivity index (χ2v) is 15.6. The van der Waals surface area contributed by atoms with Crippen LogP contribution in [-0.2, 0) is 5.41 Å². The highest BCUT2D eigenvalue weighted by molar-refractivity contribution is 7.01. The van der Waals surface area contributed by atoms with Crippen LogP contribution in [0.4, 0.5) is 42.9 Å². The Bertz CT molecular complexity index is 2890. The molecule has 0 saturated heterocycles. The number of aromatic nitrogens is 1. The summed E-state index contributed by atoms with van der Waals surface area (Å²) in [5, 5.41) is 1.03. The van der Waals surface area contributed by atoms with Crippen LogP contribution in [0.5, 0.6) is 0 Å². The summed E-state index contributed by atoms with van der Waals surface area (Å²) < 4.78 is 35.6. The second-order valence-electron chi connectivity index (χ2n) is 15.6. The van der Waals surface area contributed by atoms with Gasteiger partial charge < -0.3 is 14.4 Å². The number of anilines is 6. The number of benzene rings is 7. The molecule has 11 rings (SSSR count). The van der Waals surface area contributed by atoms with E-state index in [-0.39, 0.29) is 23.8 Å². The Morgan fingerprint density at radius 1 is 0.509 bits per heavy atom. The summed E-state index contributed by atoms with van der Waals surface area (Å²) in [6.07, 6.45) is 0. The summed E-state index contributed by atoms with van der Waals surface area (Å²) in [7, 11) is 0. The maximum atomic E-state index is 16.7. The first-order valence-electron chi connectivity index (χ1n) is 19.0. The predicted molar refractivity (Wildman–Crippen MR) is 224 cm³/mol. The Hall–Kier alpha value is -6.40. The molecule has 2 aliphatic heterocycles. The number of rotatable bonds is 3. The van der Waals surface area contributed by atoms with Crippen LogP contribution in [-0.4, -0.2) is 11.3 Å². The topological polar surface area (TPSA) is 11.4 Å². The lowest BCUT2D eigenvalue weighted by molar-refractivity contribution is 0.627. The van der Waals surface area contributed by atoms with Gasteiger partial charge in [-0.2, -0.15) is 0 Å². The minimum atomic E-state index is -0.299. The van der Waals surface area contributed by atoms with Gasteiger partial charge in [-0.3, -0.25) is 0 Å². The smallest absolute Gasteiger partial charge is 0.274 e. The molecule has 55 heavy (non-hydrogen) atoms. The summed E-state index contributed by atoms with van der Waals surface area (Å²) in [6.45, 7) is 8.27. The maximum Gasteiger partial charge on any atom is 0.274 e. The highest BCUT2D eigenvalue weighted by atomic mass is 19.1. The number of para-hydroxylation sites is 4. The fourth-order valence-corrected chi connectivity index (χ4v) is 10.1. The molecule has 3 heterocycles. The molecule has 264 valence electrons. The summed E-state index contributed by atoms with van der Waals surface area (Å²) in [6, 6.07) is 49.1. The van der Waals surface area contributed by atoms with E-state index >= 15 is 8.78 Å². The van der Waals surface area contributed by atoms with Crippen molar-refractivity contribution in [1.82, 2.24) is 4.57 Å². The average molecular weight is 716 g/mol. The molecule has 1 aromatic heterocycles. The molecule has 7 aromatic carbocycles. The number of hydrogen-bond acceptors (Lipinski definition) is 2. The van der Waals surface area contributed by atoms with Gasteiger partial charge in [-0.1, -0.05) is 111 Å². The predicted octanol–water partition coefficient (Wildman–Crippen LogP) is 10.9. The Morgan fingerprint density at radius 3 is 1.84 bits per heavy atom. The number of aryl methyl sites for hydroxylation is 2. The van der Waals surface area contributed by atoms with Gasteiger partial charge in [0.05, 0.1) is 22.6 Å². The van der Waals surface area contributed by atoms with Crippen LogP contribution in [0.1, 0.15) is 36.1 Å². The van der Waals surface area contributed by atoms with E-state index in [4.69, 9.17) is 0 Å². The molecule has 6 heteroatoms. The van der Waals surface area contributed by atoms with Crippen LogP contribution >= 0.6 is 0 Å². The summed E-state index contributed by atoms with van der Waals surface area (Å²) >= 11 is 0. The normalized spacial score (nSPS) is 14.4. The molecule has 0 saturated carbocycles. The van der Waals surface area contributed by atoms with E-state index in [0.29, 0.717) is 11.4 Å². The van der Waals surface area contributed by atoms with Crippen molar-refractivity contribution in [3.05, 3.63) is 179 Å². The van der Waals surface area contributed by atoms with Crippen LogP contribution in [0.25, 0.3) is 27.7 Å². The zero-order valence-corrected chi connectivity index (χ0v) is 31.0. The molecule has 0 atom stereocenters. The first kappa shape index (κ1) is 32.1. The largest absolute Gasteiger partial charge is 0.319 e. The van der Waals surface area contributed by atoms with Crippen molar-refractivity contribution in [2.24, 2.45) is 0 Å². The monoisotopic (exact) mass is 715 g/mol. The van der Waals surface area contributed by atoms with Crippen molar-refractivity contribution in [3.63, 3.8) is 0 Å². The SMILES string of the molecule is Cc1cccc(F)c1N1c2cccc3c2B(c2c1ccc1c2-c2ccccc2C1(C)C)c1c(c2ccccc2n1-c1ccccc1)N3c1c(C)cccc1F. The third-order valence-electron chi connectivity index (χ3n) is 12.3. The molecule has 0 radical (unpaired) electrons. The molecule has 0 spiro atoms. The molecular weight excluding hydrogens is 679 g/mol. The van der Waals surface area contributed by atoms with Crippen molar-refractivity contribution < 1.29 is 8.78 Å². The van der Waals surface area contributed by atoms with Crippen LogP contribution in [0.15, 0.2) is 146 Å². The highest BCUT2D eigenvalue weighted by Gasteiger charge is 2.50. The number of hydrogen-bond donors (Lipinski definition) is 0. The molecule has 8 aromatic rings. The molecule has 0 fully saturated rings. The van der Waals surface area contributed by atoms with Gasteiger partial charge in [-0.25, -0.2) is 8.78 Å². The average Bonchev–Trinajstić information content (AvgIpc) is 3.65. The first-order valence-corrected chi connectivity index (χ1v) is 19.0. The molecular formula is C49H36BF2N3. The minimum absolute atomic E-state index is 0.264. The fourth-order valence-electron chi connectivity index (χ4n) is 10.1. The Balaban J connectivity index is 1.38. The number of nitrogens with zero attached hydrogens (tertiary/aromatic N) is 3. The highest BCUT2D eigenvalue weighted by Crippen LogP contribution is 2.53. The van der Waals surface area contributed by atoms with Crippen LogP contribution < -0.4 is 26.3 Å². The molecule has 3 aliphatic rings. The Morgan fingerprint density at radius 2 is 1.11 bits per heavy atom.